The topological polar surface area (TPSA) is 37.3 Å². The van der Waals surface area contributed by atoms with E-state index >= 15 is 0 Å². The molecular formula is C19H27N3O. The summed E-state index contributed by atoms with van der Waals surface area (Å²) in [4.78, 5) is 14.5. The molecule has 0 bridgehead atoms. The molecule has 1 heterocycles. The van der Waals surface area contributed by atoms with Crippen molar-refractivity contribution < 1.29 is 4.79 Å². The van der Waals surface area contributed by atoms with Crippen molar-refractivity contribution in [3.8, 4) is 0 Å². The number of hydrogen-bond acceptors (Lipinski definition) is 2. The molecule has 4 nitrogen and oxygen atoms in total. The van der Waals surface area contributed by atoms with E-state index < -0.39 is 0 Å². The average Bonchev–Trinajstić information content (AvgIpc) is 2.86. The SMILES string of the molecule is CNCCN(C)C(=O)c1cc(C)n(C(C)c2ccccc2)c1C. The zero-order chi connectivity index (χ0) is 17.0. The highest BCUT2D eigenvalue weighted by molar-refractivity contribution is 5.95. The van der Waals surface area contributed by atoms with Gasteiger partial charge >= 0.3 is 0 Å². The molecule has 0 saturated carbocycles. The molecule has 1 amide bonds. The Morgan fingerprint density at radius 3 is 2.52 bits per heavy atom. The highest BCUT2D eigenvalue weighted by atomic mass is 16.2. The Labute approximate surface area is 139 Å². The molecule has 0 saturated heterocycles. The molecule has 1 atom stereocenters. The monoisotopic (exact) mass is 313 g/mol. The van der Waals surface area contributed by atoms with Gasteiger partial charge in [0.25, 0.3) is 5.91 Å². The Morgan fingerprint density at radius 1 is 1.26 bits per heavy atom. The molecule has 2 aromatic rings. The van der Waals surface area contributed by atoms with Crippen LogP contribution in [-0.4, -0.2) is 42.6 Å². The smallest absolute Gasteiger partial charge is 0.255 e. The summed E-state index contributed by atoms with van der Waals surface area (Å²) in [5, 5.41) is 3.08. The van der Waals surface area contributed by atoms with Gasteiger partial charge in [0.2, 0.25) is 0 Å². The van der Waals surface area contributed by atoms with Crippen molar-refractivity contribution in [2.24, 2.45) is 0 Å². The van der Waals surface area contributed by atoms with Crippen LogP contribution in [0.1, 0.15) is 40.3 Å². The summed E-state index contributed by atoms with van der Waals surface area (Å²) in [6, 6.07) is 12.6. The molecule has 23 heavy (non-hydrogen) atoms. The number of amides is 1. The van der Waals surface area contributed by atoms with Gasteiger partial charge < -0.3 is 14.8 Å². The Kier molecular flexibility index (Phi) is 5.61. The second-order valence-electron chi connectivity index (χ2n) is 6.07. The number of rotatable bonds is 6. The molecule has 0 radical (unpaired) electrons. The largest absolute Gasteiger partial charge is 0.341 e. The third-order valence-electron chi connectivity index (χ3n) is 4.43. The van der Waals surface area contributed by atoms with Crippen LogP contribution in [0.2, 0.25) is 0 Å². The fourth-order valence-electron chi connectivity index (χ4n) is 3.06. The lowest BCUT2D eigenvalue weighted by Gasteiger charge is -2.20. The van der Waals surface area contributed by atoms with Gasteiger partial charge in [-0.25, -0.2) is 0 Å². The minimum Gasteiger partial charge on any atom is -0.341 e. The Hall–Kier alpha value is -2.07. The molecule has 0 spiro atoms. The summed E-state index contributed by atoms with van der Waals surface area (Å²) in [6.45, 7) is 7.77. The van der Waals surface area contributed by atoms with Crippen LogP contribution in [0.25, 0.3) is 0 Å². The Balaban J connectivity index is 2.31. The fraction of sp³-hybridized carbons (Fsp3) is 0.421. The third-order valence-corrected chi connectivity index (χ3v) is 4.43. The molecule has 1 N–H and O–H groups in total. The normalized spacial score (nSPS) is 12.2. The van der Waals surface area contributed by atoms with Gasteiger partial charge in [-0.15, -0.1) is 0 Å². The van der Waals surface area contributed by atoms with Crippen LogP contribution in [0.4, 0.5) is 0 Å². The number of aromatic nitrogens is 1. The zero-order valence-corrected chi connectivity index (χ0v) is 14.8. The molecular weight excluding hydrogens is 286 g/mol. The first kappa shape index (κ1) is 17.3. The van der Waals surface area contributed by atoms with Crippen molar-refractivity contribution in [2.75, 3.05) is 27.2 Å². The van der Waals surface area contributed by atoms with Crippen molar-refractivity contribution in [3.63, 3.8) is 0 Å². The molecule has 0 aliphatic rings. The van der Waals surface area contributed by atoms with E-state index in [1.54, 1.807) is 4.90 Å². The third kappa shape index (κ3) is 3.64. The van der Waals surface area contributed by atoms with Gasteiger partial charge in [-0.1, -0.05) is 30.3 Å². The van der Waals surface area contributed by atoms with Crippen molar-refractivity contribution in [1.29, 1.82) is 0 Å². The van der Waals surface area contributed by atoms with Crippen molar-refractivity contribution in [3.05, 3.63) is 58.9 Å². The van der Waals surface area contributed by atoms with E-state index in [1.165, 1.54) is 5.56 Å². The standard InChI is InChI=1S/C19H27N3O/c1-14-13-18(19(23)21(5)12-11-20-4)16(3)22(14)15(2)17-9-7-6-8-10-17/h6-10,13,15,20H,11-12H2,1-5H3. The first-order valence-electron chi connectivity index (χ1n) is 8.10. The lowest BCUT2D eigenvalue weighted by Crippen LogP contribution is -2.33. The fourth-order valence-corrected chi connectivity index (χ4v) is 3.06. The summed E-state index contributed by atoms with van der Waals surface area (Å²) < 4.78 is 2.24. The average molecular weight is 313 g/mol. The minimum atomic E-state index is 0.0832. The number of nitrogens with one attached hydrogen (secondary N) is 1. The van der Waals surface area contributed by atoms with Gasteiger partial charge in [0, 0.05) is 31.5 Å². The second kappa shape index (κ2) is 7.47. The first-order valence-corrected chi connectivity index (χ1v) is 8.10. The summed E-state index contributed by atoms with van der Waals surface area (Å²) in [5.74, 6) is 0.0832. The molecule has 1 aromatic carbocycles. The predicted molar refractivity (Wildman–Crippen MR) is 95.0 cm³/mol. The lowest BCUT2D eigenvalue weighted by atomic mass is 10.1. The summed E-state index contributed by atoms with van der Waals surface area (Å²) >= 11 is 0. The van der Waals surface area contributed by atoms with Gasteiger partial charge in [0.1, 0.15) is 0 Å². The summed E-state index contributed by atoms with van der Waals surface area (Å²) in [6.07, 6.45) is 0. The second-order valence-corrected chi connectivity index (χ2v) is 6.07. The van der Waals surface area contributed by atoms with Gasteiger partial charge in [0.05, 0.1) is 11.6 Å². The summed E-state index contributed by atoms with van der Waals surface area (Å²) in [7, 11) is 3.75. The van der Waals surface area contributed by atoms with Crippen molar-refractivity contribution in [2.45, 2.75) is 26.8 Å². The van der Waals surface area contributed by atoms with E-state index in [0.717, 1.165) is 23.5 Å². The maximum Gasteiger partial charge on any atom is 0.255 e. The van der Waals surface area contributed by atoms with Crippen molar-refractivity contribution >= 4 is 5.91 Å². The first-order chi connectivity index (χ1) is 11.0. The molecule has 0 aliphatic carbocycles. The highest BCUT2D eigenvalue weighted by Gasteiger charge is 2.21. The molecule has 0 fully saturated rings. The minimum absolute atomic E-state index is 0.0832. The van der Waals surface area contributed by atoms with Gasteiger partial charge in [0.15, 0.2) is 0 Å². The number of hydrogen-bond donors (Lipinski definition) is 1. The molecule has 1 unspecified atom stereocenters. The molecule has 124 valence electrons. The van der Waals surface area contributed by atoms with E-state index in [9.17, 15) is 4.79 Å². The maximum atomic E-state index is 12.7. The molecule has 0 aliphatic heterocycles. The highest BCUT2D eigenvalue weighted by Crippen LogP contribution is 2.26. The van der Waals surface area contributed by atoms with E-state index in [0.29, 0.717) is 6.54 Å². The molecule has 4 heteroatoms. The number of likely N-dealkylation sites (N-methyl/N-ethyl adjacent to an activating group) is 2. The zero-order valence-electron chi connectivity index (χ0n) is 14.8. The quantitative estimate of drug-likeness (QED) is 0.890. The predicted octanol–water partition coefficient (Wildman–Crippen LogP) is 3.01. The molecule has 2 rings (SSSR count). The maximum absolute atomic E-state index is 12.7. The number of carbonyl (C=O) groups is 1. The van der Waals surface area contributed by atoms with Crippen LogP contribution < -0.4 is 5.32 Å². The number of benzene rings is 1. The van der Waals surface area contributed by atoms with Crippen LogP contribution in [0.3, 0.4) is 0 Å². The van der Waals surface area contributed by atoms with Crippen LogP contribution in [-0.2, 0) is 0 Å². The van der Waals surface area contributed by atoms with Gasteiger partial charge in [-0.2, -0.15) is 0 Å². The van der Waals surface area contributed by atoms with Gasteiger partial charge in [-0.05, 0) is 39.4 Å². The van der Waals surface area contributed by atoms with Crippen LogP contribution in [0, 0.1) is 13.8 Å². The Bertz CT molecular complexity index is 661. The number of nitrogens with zero attached hydrogens (tertiary/aromatic N) is 2. The lowest BCUT2D eigenvalue weighted by molar-refractivity contribution is 0.0796. The number of carbonyl (C=O) groups excluding carboxylic acids is 1. The van der Waals surface area contributed by atoms with E-state index in [4.69, 9.17) is 0 Å². The number of aryl methyl sites for hydroxylation is 1. The van der Waals surface area contributed by atoms with E-state index in [2.05, 4.69) is 48.0 Å². The van der Waals surface area contributed by atoms with Gasteiger partial charge in [-0.3, -0.25) is 4.79 Å². The van der Waals surface area contributed by atoms with Crippen LogP contribution >= 0.6 is 0 Å². The van der Waals surface area contributed by atoms with Crippen molar-refractivity contribution in [1.82, 2.24) is 14.8 Å². The van der Waals surface area contributed by atoms with Crippen LogP contribution in [0.5, 0.6) is 0 Å². The van der Waals surface area contributed by atoms with E-state index in [1.807, 2.05) is 33.2 Å². The Morgan fingerprint density at radius 2 is 1.91 bits per heavy atom. The molecule has 1 aromatic heterocycles. The van der Waals surface area contributed by atoms with Crippen LogP contribution in [0.15, 0.2) is 36.4 Å². The van der Waals surface area contributed by atoms with E-state index in [-0.39, 0.29) is 11.9 Å². The summed E-state index contributed by atoms with van der Waals surface area (Å²) in [5.41, 5.74) is 4.19.